The van der Waals surface area contributed by atoms with Crippen molar-refractivity contribution in [3.8, 4) is 0 Å². The van der Waals surface area contributed by atoms with Crippen LogP contribution in [-0.4, -0.2) is 71.3 Å². The Kier molecular flexibility index (Phi) is 12.6. The highest BCUT2D eigenvalue weighted by atomic mass is 16.5. The van der Waals surface area contributed by atoms with E-state index in [9.17, 15) is 33.9 Å². The van der Waals surface area contributed by atoms with Gasteiger partial charge in [-0.2, -0.15) is 0 Å². The topological polar surface area (TPSA) is 193 Å². The zero-order chi connectivity index (χ0) is 40.1. The van der Waals surface area contributed by atoms with Crippen molar-refractivity contribution in [1.82, 2.24) is 10.6 Å². The molecule has 8 unspecified atom stereocenters. The number of rotatable bonds is 15. The van der Waals surface area contributed by atoms with Crippen LogP contribution in [0.25, 0.3) is 0 Å². The number of quaternary nitrogens is 1. The van der Waals surface area contributed by atoms with E-state index in [1.54, 1.807) is 6.08 Å². The van der Waals surface area contributed by atoms with Gasteiger partial charge in [0.1, 0.15) is 30.1 Å². The highest BCUT2D eigenvalue weighted by Crippen LogP contribution is 2.66. The van der Waals surface area contributed by atoms with Crippen LogP contribution in [0, 0.1) is 28.6 Å². The van der Waals surface area contributed by atoms with Crippen LogP contribution < -0.4 is 16.4 Å². The van der Waals surface area contributed by atoms with Gasteiger partial charge in [-0.3, -0.25) is 19.2 Å². The summed E-state index contributed by atoms with van der Waals surface area (Å²) < 4.78 is 11.0. The number of fused-ring (bicyclic) bond motifs is 5. The number of hydrogen-bond acceptors (Lipinski definition) is 9. The average Bonchev–Trinajstić information content (AvgIpc) is 3.46. The van der Waals surface area contributed by atoms with Crippen LogP contribution in [0.2, 0.25) is 0 Å². The maximum absolute atomic E-state index is 14.1. The van der Waals surface area contributed by atoms with E-state index in [2.05, 4.69) is 23.3 Å². The minimum atomic E-state index is -1.88. The molecule has 2 aromatic carbocycles. The SMILES string of the molecule is CC12CCC(=O)C=C1CCC1C2C(=O)CC2(C)C1CCC2(O)C(=O)COC(=O)C(CCCC[NH3+])NC(=O)C(Cc1ccccc1)NC(=O)OCc1ccccc1. The second kappa shape index (κ2) is 17.2. The van der Waals surface area contributed by atoms with Gasteiger partial charge in [0.25, 0.3) is 0 Å². The van der Waals surface area contributed by atoms with Crippen LogP contribution >= 0.6 is 0 Å². The summed E-state index contributed by atoms with van der Waals surface area (Å²) >= 11 is 0. The first-order chi connectivity index (χ1) is 26.8. The number of ether oxygens (including phenoxy) is 2. The number of unbranched alkanes of at least 4 members (excludes halogenated alkanes) is 1. The maximum atomic E-state index is 14.1. The van der Waals surface area contributed by atoms with E-state index in [1.807, 2.05) is 67.6 Å². The molecule has 6 N–H and O–H groups in total. The third-order valence-corrected chi connectivity index (χ3v) is 13.3. The quantitative estimate of drug-likeness (QED) is 0.153. The molecule has 0 spiro atoms. The number of nitrogens with one attached hydrogen (secondary N) is 2. The van der Waals surface area contributed by atoms with Crippen molar-refractivity contribution >= 4 is 35.3 Å². The molecule has 2 aromatic rings. The van der Waals surface area contributed by atoms with Gasteiger partial charge in [0.2, 0.25) is 11.7 Å². The average molecular weight is 771 g/mol. The Labute approximate surface area is 328 Å². The standard InChI is InChI=1S/C44H55N3O9/c1-42-20-18-31(48)24-30(42)16-17-32-33-19-21-44(54,43(33,2)25-36(49)38(32)42)37(50)27-55-40(52)34(15-9-10-22-45)46-39(51)35(23-28-11-5-3-6-12-28)47-41(53)56-26-29-13-7-4-8-14-29/h3-8,11-14,24,32-35,38,54H,9-10,15-23,25-27,45H2,1-2H3,(H,46,51)(H,47,53)/p+1. The molecule has 3 fully saturated rings. The van der Waals surface area contributed by atoms with Crippen LogP contribution in [-0.2, 0) is 46.5 Å². The lowest BCUT2D eigenvalue weighted by Crippen LogP contribution is -2.61. The highest BCUT2D eigenvalue weighted by Gasteiger charge is 2.68. The van der Waals surface area contributed by atoms with E-state index < -0.39 is 58.9 Å². The Hall–Kier alpha value is -4.68. The molecule has 12 heteroatoms. The molecule has 0 radical (unpaired) electrons. The van der Waals surface area contributed by atoms with Gasteiger partial charge in [0.15, 0.2) is 12.4 Å². The molecule has 12 nitrogen and oxygen atoms in total. The lowest BCUT2D eigenvalue weighted by atomic mass is 9.46. The van der Waals surface area contributed by atoms with Crippen LogP contribution in [0.4, 0.5) is 4.79 Å². The van der Waals surface area contributed by atoms with Gasteiger partial charge >= 0.3 is 12.1 Å². The fourth-order valence-electron chi connectivity index (χ4n) is 10.2. The molecule has 6 rings (SSSR count). The van der Waals surface area contributed by atoms with Gasteiger partial charge in [-0.25, -0.2) is 9.59 Å². The first-order valence-corrected chi connectivity index (χ1v) is 20.1. The molecule has 300 valence electrons. The number of aliphatic hydroxyl groups is 1. The van der Waals surface area contributed by atoms with Gasteiger partial charge in [-0.05, 0) is 85.8 Å². The molecule has 4 aliphatic carbocycles. The number of esters is 1. The van der Waals surface area contributed by atoms with E-state index in [0.29, 0.717) is 51.5 Å². The summed E-state index contributed by atoms with van der Waals surface area (Å²) in [5, 5.41) is 17.6. The Morgan fingerprint density at radius 2 is 1.57 bits per heavy atom. The van der Waals surface area contributed by atoms with Crippen LogP contribution in [0.3, 0.4) is 0 Å². The van der Waals surface area contributed by atoms with E-state index in [4.69, 9.17) is 9.47 Å². The number of benzene rings is 2. The third kappa shape index (κ3) is 8.37. The van der Waals surface area contributed by atoms with Gasteiger partial charge < -0.3 is 30.9 Å². The Balaban J connectivity index is 1.12. The monoisotopic (exact) mass is 770 g/mol. The molecular formula is C44H56N3O9+. The number of allylic oxidation sites excluding steroid dienone is 1. The second-order valence-electron chi connectivity index (χ2n) is 16.7. The lowest BCUT2D eigenvalue weighted by molar-refractivity contribution is -0.368. The summed E-state index contributed by atoms with van der Waals surface area (Å²) in [6, 6.07) is 16.0. The minimum Gasteiger partial charge on any atom is -0.456 e. The van der Waals surface area contributed by atoms with Crippen molar-refractivity contribution in [2.75, 3.05) is 13.2 Å². The third-order valence-electron chi connectivity index (χ3n) is 13.3. The number of carbonyl (C=O) groups is 6. The Morgan fingerprint density at radius 1 is 0.875 bits per heavy atom. The number of ketones is 3. The number of hydrogen-bond donors (Lipinski definition) is 4. The summed E-state index contributed by atoms with van der Waals surface area (Å²) in [7, 11) is 0. The summed E-state index contributed by atoms with van der Waals surface area (Å²) in [6.45, 7) is 3.82. The predicted molar refractivity (Wildman–Crippen MR) is 205 cm³/mol. The fraction of sp³-hybridized carbons (Fsp3) is 0.545. The molecule has 0 saturated heterocycles. The molecule has 0 aliphatic heterocycles. The van der Waals surface area contributed by atoms with Gasteiger partial charge in [-0.15, -0.1) is 0 Å². The van der Waals surface area contributed by atoms with E-state index >= 15 is 0 Å². The zero-order valence-electron chi connectivity index (χ0n) is 32.6. The normalized spacial score (nSPS) is 29.1. The highest BCUT2D eigenvalue weighted by molar-refractivity contribution is 5.96. The van der Waals surface area contributed by atoms with Crippen LogP contribution in [0.1, 0.15) is 89.2 Å². The summed E-state index contributed by atoms with van der Waals surface area (Å²) in [6.07, 6.45) is 5.66. The largest absolute Gasteiger partial charge is 0.456 e. The summed E-state index contributed by atoms with van der Waals surface area (Å²) in [4.78, 5) is 80.7. The number of carbonyl (C=O) groups excluding carboxylic acids is 6. The Bertz CT molecular complexity index is 1830. The van der Waals surface area contributed by atoms with Crippen molar-refractivity contribution in [2.45, 2.75) is 109 Å². The van der Waals surface area contributed by atoms with Crippen LogP contribution in [0.15, 0.2) is 72.3 Å². The first kappa shape index (κ1) is 41.0. The van der Waals surface area contributed by atoms with Crippen molar-refractivity contribution in [3.63, 3.8) is 0 Å². The van der Waals surface area contributed by atoms with Crippen molar-refractivity contribution < 1.29 is 49.1 Å². The molecule has 0 bridgehead atoms. The maximum Gasteiger partial charge on any atom is 0.408 e. The van der Waals surface area contributed by atoms with Gasteiger partial charge in [-0.1, -0.05) is 80.1 Å². The molecule has 2 amide bonds. The van der Waals surface area contributed by atoms with Crippen molar-refractivity contribution in [1.29, 1.82) is 0 Å². The lowest BCUT2D eigenvalue weighted by Gasteiger charge is -2.57. The van der Waals surface area contributed by atoms with Gasteiger partial charge in [0.05, 0.1) is 6.54 Å². The smallest absolute Gasteiger partial charge is 0.408 e. The number of alkyl carbamates (subject to hydrolysis) is 1. The molecule has 0 aromatic heterocycles. The number of amides is 2. The Morgan fingerprint density at radius 3 is 2.27 bits per heavy atom. The summed E-state index contributed by atoms with van der Waals surface area (Å²) in [5.41, 5.74) is 3.14. The minimum absolute atomic E-state index is 0.00173. The predicted octanol–water partition coefficient (Wildman–Crippen LogP) is 3.98. The molecule has 4 aliphatic rings. The van der Waals surface area contributed by atoms with Gasteiger partial charge in [0, 0.05) is 30.6 Å². The molecule has 56 heavy (non-hydrogen) atoms. The van der Waals surface area contributed by atoms with E-state index in [-0.39, 0.29) is 61.6 Å². The van der Waals surface area contributed by atoms with Crippen molar-refractivity contribution in [2.24, 2.45) is 28.6 Å². The fourth-order valence-corrected chi connectivity index (χ4v) is 10.2. The molecular weight excluding hydrogens is 714 g/mol. The number of Topliss-reactive ketones (excluding diaryl/α,β-unsaturated/α-hetero) is 2. The van der Waals surface area contributed by atoms with Crippen molar-refractivity contribution in [3.05, 3.63) is 83.4 Å². The summed E-state index contributed by atoms with van der Waals surface area (Å²) in [5.74, 6) is -2.40. The molecule has 3 saturated carbocycles. The molecule has 8 atom stereocenters. The first-order valence-electron chi connectivity index (χ1n) is 20.1. The second-order valence-corrected chi connectivity index (χ2v) is 16.7. The molecule has 0 heterocycles. The zero-order valence-corrected chi connectivity index (χ0v) is 32.6. The van der Waals surface area contributed by atoms with Crippen LogP contribution in [0.5, 0.6) is 0 Å². The van der Waals surface area contributed by atoms with E-state index in [1.165, 1.54) is 0 Å². The van der Waals surface area contributed by atoms with E-state index in [0.717, 1.165) is 16.7 Å².